The molecule has 0 saturated heterocycles. The SMILES string of the molecule is COc1cc(/C=C2\N=C(c3ccc([N+](=O)[O-])c(C)c3)OC2=O)cc(Br)c1OCc1cccc(Br)c1. The van der Waals surface area contributed by atoms with Gasteiger partial charge in [-0.1, -0.05) is 28.1 Å². The van der Waals surface area contributed by atoms with Crippen molar-refractivity contribution in [3.8, 4) is 11.5 Å². The summed E-state index contributed by atoms with van der Waals surface area (Å²) in [4.78, 5) is 27.3. The van der Waals surface area contributed by atoms with Crippen LogP contribution in [0.5, 0.6) is 11.5 Å². The first-order valence-electron chi connectivity index (χ1n) is 10.3. The first-order chi connectivity index (χ1) is 16.7. The third-order valence-corrected chi connectivity index (χ3v) is 6.17. The summed E-state index contributed by atoms with van der Waals surface area (Å²) < 4.78 is 18.4. The molecule has 0 radical (unpaired) electrons. The Balaban J connectivity index is 1.59. The van der Waals surface area contributed by atoms with Gasteiger partial charge in [-0.15, -0.1) is 0 Å². The minimum atomic E-state index is -0.624. The topological polar surface area (TPSA) is 100 Å². The van der Waals surface area contributed by atoms with E-state index in [-0.39, 0.29) is 17.3 Å². The van der Waals surface area contributed by atoms with E-state index >= 15 is 0 Å². The second kappa shape index (κ2) is 10.4. The van der Waals surface area contributed by atoms with Gasteiger partial charge in [0, 0.05) is 21.7 Å². The number of aryl methyl sites for hydroxylation is 1. The number of hydrogen-bond acceptors (Lipinski definition) is 7. The number of rotatable bonds is 7. The summed E-state index contributed by atoms with van der Waals surface area (Å²) in [6.07, 6.45) is 1.57. The predicted octanol–water partition coefficient (Wildman–Crippen LogP) is 6.36. The van der Waals surface area contributed by atoms with Gasteiger partial charge < -0.3 is 14.2 Å². The number of nitro benzene ring substituents is 1. The second-order valence-electron chi connectivity index (χ2n) is 7.55. The molecule has 0 spiro atoms. The maximum atomic E-state index is 12.4. The second-order valence-corrected chi connectivity index (χ2v) is 9.32. The van der Waals surface area contributed by atoms with Crippen molar-refractivity contribution >= 4 is 55.5 Å². The smallest absolute Gasteiger partial charge is 0.363 e. The lowest BCUT2D eigenvalue weighted by Gasteiger charge is -2.14. The van der Waals surface area contributed by atoms with E-state index in [1.54, 1.807) is 31.2 Å². The van der Waals surface area contributed by atoms with Crippen LogP contribution in [0.1, 0.15) is 22.3 Å². The maximum absolute atomic E-state index is 12.4. The fourth-order valence-corrected chi connectivity index (χ4v) is 4.45. The van der Waals surface area contributed by atoms with Gasteiger partial charge in [0.25, 0.3) is 5.69 Å². The van der Waals surface area contributed by atoms with Gasteiger partial charge in [-0.2, -0.15) is 0 Å². The van der Waals surface area contributed by atoms with E-state index in [9.17, 15) is 14.9 Å². The Morgan fingerprint density at radius 1 is 1.14 bits per heavy atom. The molecule has 1 aliphatic heterocycles. The van der Waals surface area contributed by atoms with Gasteiger partial charge in [-0.25, -0.2) is 9.79 Å². The van der Waals surface area contributed by atoms with Crippen molar-refractivity contribution in [2.75, 3.05) is 7.11 Å². The maximum Gasteiger partial charge on any atom is 0.363 e. The highest BCUT2D eigenvalue weighted by Gasteiger charge is 2.25. The number of nitrogens with zero attached hydrogens (tertiary/aromatic N) is 2. The molecule has 1 aliphatic rings. The van der Waals surface area contributed by atoms with Crippen LogP contribution in [-0.4, -0.2) is 23.9 Å². The molecule has 0 N–H and O–H groups in total. The van der Waals surface area contributed by atoms with E-state index in [0.717, 1.165) is 10.0 Å². The third kappa shape index (κ3) is 5.60. The number of esters is 1. The summed E-state index contributed by atoms with van der Waals surface area (Å²) in [6.45, 7) is 1.95. The van der Waals surface area contributed by atoms with E-state index in [2.05, 4.69) is 36.9 Å². The number of benzene rings is 3. The van der Waals surface area contributed by atoms with Gasteiger partial charge in [0.05, 0.1) is 16.5 Å². The van der Waals surface area contributed by atoms with Crippen molar-refractivity contribution in [2.45, 2.75) is 13.5 Å². The number of methoxy groups -OCH3 is 1. The van der Waals surface area contributed by atoms with Gasteiger partial charge in [-0.3, -0.25) is 10.1 Å². The number of ether oxygens (including phenoxy) is 3. The molecule has 3 aromatic rings. The fraction of sp³-hybridized carbons (Fsp3) is 0.120. The Kier molecular flexibility index (Phi) is 7.32. The Labute approximate surface area is 217 Å². The molecule has 0 unspecified atom stereocenters. The molecule has 0 aliphatic carbocycles. The van der Waals surface area contributed by atoms with Crippen LogP contribution in [0, 0.1) is 17.0 Å². The molecule has 0 aromatic heterocycles. The van der Waals surface area contributed by atoms with Gasteiger partial charge >= 0.3 is 5.97 Å². The summed E-state index contributed by atoms with van der Waals surface area (Å²) in [7, 11) is 1.53. The Hall–Kier alpha value is -3.50. The van der Waals surface area contributed by atoms with Crippen molar-refractivity contribution in [1.82, 2.24) is 0 Å². The van der Waals surface area contributed by atoms with Gasteiger partial charge in [-0.05, 0) is 76.5 Å². The molecule has 0 atom stereocenters. The Bertz CT molecular complexity index is 1400. The number of cyclic esters (lactones) is 1. The lowest BCUT2D eigenvalue weighted by Crippen LogP contribution is -2.06. The quantitative estimate of drug-likeness (QED) is 0.135. The minimum absolute atomic E-state index is 0.0198. The fourth-order valence-electron chi connectivity index (χ4n) is 3.43. The van der Waals surface area contributed by atoms with E-state index in [1.165, 1.54) is 19.2 Å². The zero-order chi connectivity index (χ0) is 25.1. The van der Waals surface area contributed by atoms with Crippen molar-refractivity contribution in [2.24, 2.45) is 4.99 Å². The van der Waals surface area contributed by atoms with Gasteiger partial charge in [0.1, 0.15) is 6.61 Å². The van der Waals surface area contributed by atoms with E-state index < -0.39 is 10.9 Å². The summed E-state index contributed by atoms with van der Waals surface area (Å²) >= 11 is 6.96. The van der Waals surface area contributed by atoms with Crippen molar-refractivity contribution in [3.05, 3.63) is 102 Å². The summed E-state index contributed by atoms with van der Waals surface area (Å²) in [6, 6.07) is 15.7. The average Bonchev–Trinajstić information content (AvgIpc) is 3.17. The van der Waals surface area contributed by atoms with Crippen LogP contribution >= 0.6 is 31.9 Å². The summed E-state index contributed by atoms with van der Waals surface area (Å²) in [5, 5.41) is 11.0. The minimum Gasteiger partial charge on any atom is -0.493 e. The van der Waals surface area contributed by atoms with Crippen LogP contribution in [0.4, 0.5) is 5.69 Å². The molecular formula is C25H18Br2N2O6. The Morgan fingerprint density at radius 3 is 2.63 bits per heavy atom. The van der Waals surface area contributed by atoms with Crippen LogP contribution in [0.25, 0.3) is 6.08 Å². The van der Waals surface area contributed by atoms with Crippen LogP contribution in [-0.2, 0) is 16.1 Å². The molecule has 4 rings (SSSR count). The molecular weight excluding hydrogens is 584 g/mol. The average molecular weight is 602 g/mol. The number of hydrogen-bond donors (Lipinski definition) is 0. The standard InChI is InChI=1S/C25H18Br2N2O6/c1-14-8-17(6-7-21(14)29(31)32)24-28-20(25(30)35-24)11-16-10-19(27)23(22(12-16)33-2)34-13-15-4-3-5-18(26)9-15/h3-12H,13H2,1-2H3/b20-11-. The van der Waals surface area contributed by atoms with Crippen LogP contribution in [0.15, 0.2) is 74.2 Å². The van der Waals surface area contributed by atoms with E-state index in [0.29, 0.717) is 39.3 Å². The lowest BCUT2D eigenvalue weighted by atomic mass is 10.1. The number of carbonyl (C=O) groups excluding carboxylic acids is 1. The molecule has 0 fully saturated rings. The highest BCUT2D eigenvalue weighted by atomic mass is 79.9. The molecule has 0 saturated carbocycles. The normalized spacial score (nSPS) is 14.0. The first kappa shape index (κ1) is 24.6. The zero-order valence-electron chi connectivity index (χ0n) is 18.6. The molecule has 35 heavy (non-hydrogen) atoms. The predicted molar refractivity (Wildman–Crippen MR) is 138 cm³/mol. The van der Waals surface area contributed by atoms with Gasteiger partial charge in [0.2, 0.25) is 5.90 Å². The molecule has 10 heteroatoms. The first-order valence-corrected chi connectivity index (χ1v) is 11.9. The number of carbonyl (C=O) groups is 1. The summed E-state index contributed by atoms with van der Waals surface area (Å²) in [5.41, 5.74) is 2.61. The lowest BCUT2D eigenvalue weighted by molar-refractivity contribution is -0.385. The molecule has 8 nitrogen and oxygen atoms in total. The Morgan fingerprint density at radius 2 is 1.94 bits per heavy atom. The highest BCUT2D eigenvalue weighted by molar-refractivity contribution is 9.10. The van der Waals surface area contributed by atoms with Crippen LogP contribution in [0.2, 0.25) is 0 Å². The monoisotopic (exact) mass is 600 g/mol. The van der Waals surface area contributed by atoms with E-state index in [4.69, 9.17) is 14.2 Å². The molecule has 178 valence electrons. The number of nitro groups is 1. The summed E-state index contributed by atoms with van der Waals surface area (Å²) in [5.74, 6) is 0.456. The zero-order valence-corrected chi connectivity index (χ0v) is 21.8. The van der Waals surface area contributed by atoms with E-state index in [1.807, 2.05) is 24.3 Å². The van der Waals surface area contributed by atoms with Crippen molar-refractivity contribution in [1.29, 1.82) is 0 Å². The number of aliphatic imine (C=N–C) groups is 1. The van der Waals surface area contributed by atoms with Crippen molar-refractivity contribution < 1.29 is 23.9 Å². The van der Waals surface area contributed by atoms with Crippen LogP contribution < -0.4 is 9.47 Å². The number of halogens is 2. The van der Waals surface area contributed by atoms with Gasteiger partial charge in [0.15, 0.2) is 17.2 Å². The molecule has 0 amide bonds. The molecule has 1 heterocycles. The highest BCUT2D eigenvalue weighted by Crippen LogP contribution is 2.38. The molecule has 0 bridgehead atoms. The van der Waals surface area contributed by atoms with Crippen LogP contribution in [0.3, 0.4) is 0 Å². The van der Waals surface area contributed by atoms with Crippen molar-refractivity contribution in [3.63, 3.8) is 0 Å². The largest absolute Gasteiger partial charge is 0.493 e. The molecule has 3 aromatic carbocycles. The third-order valence-electron chi connectivity index (χ3n) is 5.09.